The van der Waals surface area contributed by atoms with Crippen LogP contribution < -0.4 is 0 Å². The van der Waals surface area contributed by atoms with Crippen LogP contribution >= 0.6 is 22.6 Å². The number of esters is 1. The number of carboxylic acid groups (broad SMARTS) is 1. The van der Waals surface area contributed by atoms with E-state index in [4.69, 9.17) is 9.90 Å². The van der Waals surface area contributed by atoms with Crippen molar-refractivity contribution in [2.45, 2.75) is 20.8 Å². The van der Waals surface area contributed by atoms with E-state index in [2.05, 4.69) is 39.5 Å². The van der Waals surface area contributed by atoms with Crippen LogP contribution in [0.1, 0.15) is 20.8 Å². The minimum Gasteiger partial charge on any atom is -0.481 e. The van der Waals surface area contributed by atoms with Crippen LogP contribution in [0.15, 0.2) is 30.3 Å². The van der Waals surface area contributed by atoms with Gasteiger partial charge < -0.3 is 9.84 Å². The molecule has 0 aliphatic rings. The third kappa shape index (κ3) is 25.3. The van der Waals surface area contributed by atoms with E-state index in [0.717, 1.165) is 6.92 Å². The van der Waals surface area contributed by atoms with Gasteiger partial charge in [0.15, 0.2) is 0 Å². The average molecular weight is 352 g/mol. The highest BCUT2D eigenvalue weighted by atomic mass is 127. The second kappa shape index (κ2) is 13.0. The van der Waals surface area contributed by atoms with Crippen LogP contribution in [0.2, 0.25) is 0 Å². The number of carbonyl (C=O) groups excluding carboxylic acids is 1. The lowest BCUT2D eigenvalue weighted by Crippen LogP contribution is -1.95. The van der Waals surface area contributed by atoms with Crippen molar-refractivity contribution in [1.82, 2.24) is 0 Å². The van der Waals surface area contributed by atoms with E-state index < -0.39 is 5.97 Å². The summed E-state index contributed by atoms with van der Waals surface area (Å²) in [4.78, 5) is 18.8. The number of rotatable bonds is 1. The Kier molecular flexibility index (Phi) is 13.9. The van der Waals surface area contributed by atoms with E-state index in [9.17, 15) is 4.79 Å². The fourth-order valence-electron chi connectivity index (χ4n) is 0.618. The van der Waals surface area contributed by atoms with Gasteiger partial charge in [-0.05, 0) is 41.6 Å². The van der Waals surface area contributed by atoms with E-state index in [1.807, 2.05) is 18.2 Å². The van der Waals surface area contributed by atoms with Crippen LogP contribution in [0.3, 0.4) is 0 Å². The third-order valence-corrected chi connectivity index (χ3v) is 1.80. The molecule has 0 unspecified atom stereocenters. The fourth-order valence-corrected chi connectivity index (χ4v) is 1.03. The first-order valence-electron chi connectivity index (χ1n) is 4.93. The molecular formula is C12H17IO4. The van der Waals surface area contributed by atoms with Crippen LogP contribution in [-0.2, 0) is 14.3 Å². The molecule has 0 heterocycles. The number of benzene rings is 1. The summed E-state index contributed by atoms with van der Waals surface area (Å²) in [6, 6.07) is 10.2. The van der Waals surface area contributed by atoms with Gasteiger partial charge in [-0.25, -0.2) is 0 Å². The van der Waals surface area contributed by atoms with Crippen molar-refractivity contribution in [1.29, 1.82) is 0 Å². The molecule has 5 heteroatoms. The standard InChI is InChI=1S/C6H5I.C4H8O2.C2H4O2/c7-6-4-2-1-3-5-6;1-3-6-4(2)5;1-2(3)4/h1-5H;3H2,1-2H3;1H3,(H,3,4). The van der Waals surface area contributed by atoms with Crippen molar-refractivity contribution in [3.05, 3.63) is 33.9 Å². The molecule has 1 rings (SSSR count). The zero-order valence-electron chi connectivity index (χ0n) is 10.1. The molecule has 0 fully saturated rings. The van der Waals surface area contributed by atoms with Gasteiger partial charge in [0.05, 0.1) is 6.61 Å². The van der Waals surface area contributed by atoms with Crippen molar-refractivity contribution in [2.24, 2.45) is 0 Å². The molecule has 0 spiro atoms. The van der Waals surface area contributed by atoms with Crippen LogP contribution in [0.5, 0.6) is 0 Å². The highest BCUT2D eigenvalue weighted by Crippen LogP contribution is 1.99. The van der Waals surface area contributed by atoms with E-state index in [1.54, 1.807) is 6.92 Å². The Morgan fingerprint density at radius 2 is 1.65 bits per heavy atom. The maximum atomic E-state index is 9.82. The zero-order chi connectivity index (χ0) is 13.7. The van der Waals surface area contributed by atoms with Crippen molar-refractivity contribution in [3.8, 4) is 0 Å². The van der Waals surface area contributed by atoms with Gasteiger partial charge in [-0.15, -0.1) is 0 Å². The number of hydrogen-bond acceptors (Lipinski definition) is 3. The van der Waals surface area contributed by atoms with Gasteiger partial charge in [0.1, 0.15) is 0 Å². The first-order valence-corrected chi connectivity index (χ1v) is 6.01. The molecule has 96 valence electrons. The lowest BCUT2D eigenvalue weighted by Gasteiger charge is -1.89. The summed E-state index contributed by atoms with van der Waals surface area (Å²) < 4.78 is 5.69. The highest BCUT2D eigenvalue weighted by Gasteiger charge is 1.81. The molecule has 0 aromatic heterocycles. The fraction of sp³-hybridized carbons (Fsp3) is 0.333. The van der Waals surface area contributed by atoms with Gasteiger partial charge in [0, 0.05) is 17.4 Å². The Morgan fingerprint density at radius 3 is 1.76 bits per heavy atom. The number of carboxylic acids is 1. The predicted octanol–water partition coefficient (Wildman–Crippen LogP) is 2.95. The van der Waals surface area contributed by atoms with Crippen molar-refractivity contribution < 1.29 is 19.4 Å². The average Bonchev–Trinajstić information content (AvgIpc) is 2.18. The first-order chi connectivity index (χ1) is 7.90. The molecule has 0 aliphatic carbocycles. The predicted molar refractivity (Wildman–Crippen MR) is 74.8 cm³/mol. The molecule has 1 aromatic carbocycles. The molecule has 1 N–H and O–H groups in total. The van der Waals surface area contributed by atoms with Gasteiger partial charge >= 0.3 is 5.97 Å². The van der Waals surface area contributed by atoms with Crippen LogP contribution in [-0.4, -0.2) is 23.7 Å². The highest BCUT2D eigenvalue weighted by molar-refractivity contribution is 14.1. The Balaban J connectivity index is 0. The molecular weight excluding hydrogens is 335 g/mol. The number of ether oxygens (including phenoxy) is 1. The monoisotopic (exact) mass is 352 g/mol. The molecule has 4 nitrogen and oxygen atoms in total. The topological polar surface area (TPSA) is 63.6 Å². The van der Waals surface area contributed by atoms with Crippen LogP contribution in [0.25, 0.3) is 0 Å². The van der Waals surface area contributed by atoms with Crippen molar-refractivity contribution >= 4 is 34.5 Å². The minimum atomic E-state index is -0.833. The first kappa shape index (κ1) is 18.3. The van der Waals surface area contributed by atoms with Crippen LogP contribution in [0.4, 0.5) is 0 Å². The number of carbonyl (C=O) groups is 2. The Morgan fingerprint density at radius 1 is 1.24 bits per heavy atom. The lowest BCUT2D eigenvalue weighted by molar-refractivity contribution is -0.140. The molecule has 0 aliphatic heterocycles. The molecule has 0 bridgehead atoms. The molecule has 0 atom stereocenters. The molecule has 0 saturated heterocycles. The molecule has 0 saturated carbocycles. The van der Waals surface area contributed by atoms with Crippen LogP contribution in [0, 0.1) is 3.57 Å². The minimum absolute atomic E-state index is 0.211. The Labute approximate surface area is 115 Å². The molecule has 1 aromatic rings. The molecule has 0 amide bonds. The van der Waals surface area contributed by atoms with E-state index in [0.29, 0.717) is 6.61 Å². The quantitative estimate of drug-likeness (QED) is 0.624. The van der Waals surface area contributed by atoms with Gasteiger partial charge in [-0.3, -0.25) is 9.59 Å². The second-order valence-corrected chi connectivity index (χ2v) is 3.98. The summed E-state index contributed by atoms with van der Waals surface area (Å²) in [6.07, 6.45) is 0. The second-order valence-electron chi connectivity index (χ2n) is 2.74. The van der Waals surface area contributed by atoms with Gasteiger partial charge in [0.2, 0.25) is 0 Å². The smallest absolute Gasteiger partial charge is 0.302 e. The summed E-state index contributed by atoms with van der Waals surface area (Å²) in [5.41, 5.74) is 0. The van der Waals surface area contributed by atoms with E-state index in [-0.39, 0.29) is 5.97 Å². The summed E-state index contributed by atoms with van der Waals surface area (Å²) in [5, 5.41) is 7.42. The van der Waals surface area contributed by atoms with Gasteiger partial charge in [-0.2, -0.15) is 0 Å². The normalized spacial score (nSPS) is 7.76. The summed E-state index contributed by atoms with van der Waals surface area (Å²) >= 11 is 2.28. The van der Waals surface area contributed by atoms with E-state index in [1.165, 1.54) is 10.5 Å². The summed E-state index contributed by atoms with van der Waals surface area (Å²) in [5.74, 6) is -1.04. The van der Waals surface area contributed by atoms with E-state index >= 15 is 0 Å². The Hall–Kier alpha value is -1.11. The van der Waals surface area contributed by atoms with Gasteiger partial charge in [0.25, 0.3) is 5.97 Å². The number of aliphatic carboxylic acids is 1. The SMILES string of the molecule is CC(=O)O.CCOC(C)=O.Ic1ccccc1. The maximum Gasteiger partial charge on any atom is 0.302 e. The lowest BCUT2D eigenvalue weighted by atomic mass is 10.4. The third-order valence-electron chi connectivity index (χ3n) is 1.08. The largest absolute Gasteiger partial charge is 0.481 e. The summed E-state index contributed by atoms with van der Waals surface area (Å²) in [7, 11) is 0. The molecule has 0 radical (unpaired) electrons. The van der Waals surface area contributed by atoms with Gasteiger partial charge in [-0.1, -0.05) is 18.2 Å². The maximum absolute atomic E-state index is 9.82. The number of hydrogen-bond donors (Lipinski definition) is 1. The summed E-state index contributed by atoms with van der Waals surface area (Å²) in [6.45, 7) is 4.74. The number of halogens is 1. The molecule has 17 heavy (non-hydrogen) atoms. The Bertz CT molecular complexity index is 308. The van der Waals surface area contributed by atoms with Crippen molar-refractivity contribution in [3.63, 3.8) is 0 Å². The zero-order valence-corrected chi connectivity index (χ0v) is 12.3. The van der Waals surface area contributed by atoms with Crippen molar-refractivity contribution in [2.75, 3.05) is 6.61 Å².